The van der Waals surface area contributed by atoms with Crippen LogP contribution in [-0.2, 0) is 0 Å². The molecule has 0 aromatic heterocycles. The minimum atomic E-state index is 0.853. The normalized spacial score (nSPS) is 32.7. The molecule has 0 aliphatic carbocycles. The molecule has 62 valence electrons. The Labute approximate surface area is 72.8 Å². The fourth-order valence-corrected chi connectivity index (χ4v) is 3.29. The SMILES string of the molecule is CC1CC2=C(CN(C)CC2)S1. The Balaban J connectivity index is 2.10. The molecule has 0 radical (unpaired) electrons. The van der Waals surface area contributed by atoms with E-state index in [0.29, 0.717) is 0 Å². The van der Waals surface area contributed by atoms with Crippen molar-refractivity contribution in [2.75, 3.05) is 20.1 Å². The molecule has 1 nitrogen and oxygen atoms in total. The van der Waals surface area contributed by atoms with Crippen LogP contribution in [0.25, 0.3) is 0 Å². The first-order valence-electron chi connectivity index (χ1n) is 4.32. The second kappa shape index (κ2) is 2.83. The zero-order valence-electron chi connectivity index (χ0n) is 7.26. The van der Waals surface area contributed by atoms with Crippen LogP contribution < -0.4 is 0 Å². The van der Waals surface area contributed by atoms with E-state index in [1.807, 2.05) is 0 Å². The highest BCUT2D eigenvalue weighted by molar-refractivity contribution is 8.04. The summed E-state index contributed by atoms with van der Waals surface area (Å²) in [4.78, 5) is 4.09. The van der Waals surface area contributed by atoms with E-state index >= 15 is 0 Å². The molecule has 0 aromatic carbocycles. The molecule has 2 aliphatic heterocycles. The Morgan fingerprint density at radius 3 is 3.18 bits per heavy atom. The van der Waals surface area contributed by atoms with Crippen molar-refractivity contribution in [1.29, 1.82) is 0 Å². The fraction of sp³-hybridized carbons (Fsp3) is 0.778. The third kappa shape index (κ3) is 1.47. The third-order valence-corrected chi connectivity index (χ3v) is 3.75. The standard InChI is InChI=1S/C9H15NS/c1-7-5-8-3-4-10(2)6-9(8)11-7/h7H,3-6H2,1-2H3. The molecule has 11 heavy (non-hydrogen) atoms. The van der Waals surface area contributed by atoms with Crippen molar-refractivity contribution in [3.05, 3.63) is 10.5 Å². The van der Waals surface area contributed by atoms with E-state index in [1.54, 1.807) is 10.5 Å². The lowest BCUT2D eigenvalue weighted by Gasteiger charge is -2.23. The zero-order chi connectivity index (χ0) is 7.84. The maximum absolute atomic E-state index is 2.42. The third-order valence-electron chi connectivity index (χ3n) is 2.48. The predicted octanol–water partition coefficient (Wildman–Crippen LogP) is 2.10. The van der Waals surface area contributed by atoms with E-state index in [9.17, 15) is 0 Å². The second-order valence-corrected chi connectivity index (χ2v) is 5.18. The molecule has 1 atom stereocenters. The Bertz CT molecular complexity index is 198. The topological polar surface area (TPSA) is 3.24 Å². The first-order chi connectivity index (χ1) is 5.25. The number of hydrogen-bond acceptors (Lipinski definition) is 2. The van der Waals surface area contributed by atoms with E-state index in [0.717, 1.165) is 5.25 Å². The Kier molecular flexibility index (Phi) is 1.98. The molecule has 0 saturated heterocycles. The molecule has 2 heteroatoms. The van der Waals surface area contributed by atoms with Crippen molar-refractivity contribution < 1.29 is 0 Å². The number of hydrogen-bond donors (Lipinski definition) is 0. The summed E-state index contributed by atoms with van der Waals surface area (Å²) in [6.07, 6.45) is 2.68. The summed E-state index contributed by atoms with van der Waals surface area (Å²) in [5.41, 5.74) is 1.75. The van der Waals surface area contributed by atoms with E-state index in [1.165, 1.54) is 25.9 Å². The number of likely N-dealkylation sites (N-methyl/N-ethyl adjacent to an activating group) is 1. The van der Waals surface area contributed by atoms with Crippen molar-refractivity contribution >= 4 is 11.8 Å². The van der Waals surface area contributed by atoms with Gasteiger partial charge in [0.1, 0.15) is 0 Å². The summed E-state index contributed by atoms with van der Waals surface area (Å²) in [7, 11) is 2.22. The Morgan fingerprint density at radius 1 is 1.55 bits per heavy atom. The zero-order valence-corrected chi connectivity index (χ0v) is 8.08. The molecule has 1 unspecified atom stereocenters. The molecule has 0 fully saturated rings. The Hall–Kier alpha value is 0.0500. The van der Waals surface area contributed by atoms with Gasteiger partial charge in [0.05, 0.1) is 0 Å². The quantitative estimate of drug-likeness (QED) is 0.546. The lowest BCUT2D eigenvalue weighted by atomic mass is 10.0. The fourth-order valence-electron chi connectivity index (χ4n) is 1.87. The van der Waals surface area contributed by atoms with Gasteiger partial charge in [-0.15, -0.1) is 11.8 Å². The van der Waals surface area contributed by atoms with Crippen LogP contribution in [0.3, 0.4) is 0 Å². The van der Waals surface area contributed by atoms with Crippen LogP contribution in [0.1, 0.15) is 19.8 Å². The van der Waals surface area contributed by atoms with Gasteiger partial charge in [0.15, 0.2) is 0 Å². The van der Waals surface area contributed by atoms with Gasteiger partial charge in [-0.2, -0.15) is 0 Å². The van der Waals surface area contributed by atoms with Gasteiger partial charge in [0.25, 0.3) is 0 Å². The highest BCUT2D eigenvalue weighted by Crippen LogP contribution is 2.40. The van der Waals surface area contributed by atoms with Crippen LogP contribution in [0.15, 0.2) is 10.5 Å². The minimum Gasteiger partial charge on any atom is -0.301 e. The average Bonchev–Trinajstić information content (AvgIpc) is 2.27. The molecular formula is C9H15NS. The number of nitrogens with zero attached hydrogens (tertiary/aromatic N) is 1. The lowest BCUT2D eigenvalue weighted by Crippen LogP contribution is -2.25. The van der Waals surface area contributed by atoms with Crippen molar-refractivity contribution in [1.82, 2.24) is 4.90 Å². The summed E-state index contributed by atoms with van der Waals surface area (Å²) in [6, 6.07) is 0. The summed E-state index contributed by atoms with van der Waals surface area (Å²) in [5, 5.41) is 0.853. The van der Waals surface area contributed by atoms with Crippen LogP contribution >= 0.6 is 11.8 Å². The van der Waals surface area contributed by atoms with E-state index in [-0.39, 0.29) is 0 Å². The molecule has 0 amide bonds. The summed E-state index contributed by atoms with van der Waals surface area (Å²) in [6.45, 7) is 4.82. The average molecular weight is 169 g/mol. The monoisotopic (exact) mass is 169 g/mol. The summed E-state index contributed by atoms with van der Waals surface area (Å²) < 4.78 is 0. The molecule has 2 heterocycles. The maximum Gasteiger partial charge on any atom is 0.0290 e. The molecule has 2 rings (SSSR count). The molecule has 2 aliphatic rings. The molecule has 0 N–H and O–H groups in total. The molecule has 0 saturated carbocycles. The van der Waals surface area contributed by atoms with Crippen molar-refractivity contribution in [3.63, 3.8) is 0 Å². The van der Waals surface area contributed by atoms with Crippen LogP contribution in [0.5, 0.6) is 0 Å². The predicted molar refractivity (Wildman–Crippen MR) is 50.8 cm³/mol. The van der Waals surface area contributed by atoms with E-state index < -0.39 is 0 Å². The molecule has 0 spiro atoms. The second-order valence-electron chi connectivity index (χ2n) is 3.65. The smallest absolute Gasteiger partial charge is 0.0290 e. The van der Waals surface area contributed by atoms with Gasteiger partial charge in [0, 0.05) is 18.3 Å². The van der Waals surface area contributed by atoms with Crippen molar-refractivity contribution in [2.45, 2.75) is 25.0 Å². The number of rotatable bonds is 0. The first-order valence-corrected chi connectivity index (χ1v) is 5.20. The van der Waals surface area contributed by atoms with Crippen LogP contribution in [-0.4, -0.2) is 30.3 Å². The molecule has 0 bridgehead atoms. The largest absolute Gasteiger partial charge is 0.301 e. The van der Waals surface area contributed by atoms with E-state index in [2.05, 4.69) is 30.6 Å². The van der Waals surface area contributed by atoms with Crippen molar-refractivity contribution in [2.24, 2.45) is 0 Å². The lowest BCUT2D eigenvalue weighted by molar-refractivity contribution is 0.355. The Morgan fingerprint density at radius 2 is 2.36 bits per heavy atom. The first kappa shape index (κ1) is 7.69. The summed E-state index contributed by atoms with van der Waals surface area (Å²) in [5.74, 6) is 0. The summed E-state index contributed by atoms with van der Waals surface area (Å²) >= 11 is 2.09. The van der Waals surface area contributed by atoms with Gasteiger partial charge in [0.2, 0.25) is 0 Å². The maximum atomic E-state index is 2.42. The minimum absolute atomic E-state index is 0.853. The highest BCUT2D eigenvalue weighted by atomic mass is 32.2. The van der Waals surface area contributed by atoms with E-state index in [4.69, 9.17) is 0 Å². The molecule has 0 aromatic rings. The van der Waals surface area contributed by atoms with Gasteiger partial charge < -0.3 is 4.90 Å². The van der Waals surface area contributed by atoms with Crippen LogP contribution in [0.4, 0.5) is 0 Å². The van der Waals surface area contributed by atoms with Gasteiger partial charge in [-0.25, -0.2) is 0 Å². The van der Waals surface area contributed by atoms with Crippen molar-refractivity contribution in [3.8, 4) is 0 Å². The van der Waals surface area contributed by atoms with Crippen LogP contribution in [0.2, 0.25) is 0 Å². The molecular weight excluding hydrogens is 154 g/mol. The van der Waals surface area contributed by atoms with Gasteiger partial charge >= 0.3 is 0 Å². The van der Waals surface area contributed by atoms with Gasteiger partial charge in [-0.05, 0) is 24.8 Å². The van der Waals surface area contributed by atoms with Gasteiger partial charge in [-0.1, -0.05) is 12.5 Å². The highest BCUT2D eigenvalue weighted by Gasteiger charge is 2.25. The number of thioether (sulfide) groups is 1. The van der Waals surface area contributed by atoms with Gasteiger partial charge in [-0.3, -0.25) is 0 Å². The van der Waals surface area contributed by atoms with Crippen LogP contribution in [0, 0.1) is 0 Å².